The highest BCUT2D eigenvalue weighted by atomic mass is 35.5. The molecule has 0 radical (unpaired) electrons. The van der Waals surface area contributed by atoms with E-state index in [0.29, 0.717) is 5.02 Å². The van der Waals surface area contributed by atoms with Crippen LogP contribution >= 0.6 is 11.6 Å². The maximum atomic E-state index is 10.9. The van der Waals surface area contributed by atoms with Crippen LogP contribution in [-0.4, -0.2) is 11.1 Å². The number of carboxylic acids is 1. The van der Waals surface area contributed by atoms with E-state index in [1.807, 2.05) is 32.1 Å². The van der Waals surface area contributed by atoms with Crippen molar-refractivity contribution < 1.29 is 9.90 Å². The van der Waals surface area contributed by atoms with E-state index >= 15 is 0 Å². The molecule has 0 heterocycles. The van der Waals surface area contributed by atoms with Gasteiger partial charge in [-0.05, 0) is 23.6 Å². The minimum Gasteiger partial charge on any atom is -0.481 e. The molecule has 1 rings (SSSR count). The van der Waals surface area contributed by atoms with Gasteiger partial charge in [0.05, 0.1) is 5.92 Å². The summed E-state index contributed by atoms with van der Waals surface area (Å²) in [5, 5.41) is 9.67. The second-order valence-electron chi connectivity index (χ2n) is 4.02. The molecule has 0 bridgehead atoms. The highest BCUT2D eigenvalue weighted by molar-refractivity contribution is 6.30. The Balaban J connectivity index is 2.78. The van der Waals surface area contributed by atoms with E-state index in [1.165, 1.54) is 0 Å². The minimum atomic E-state index is -0.791. The smallest absolute Gasteiger partial charge is 0.310 e. The molecule has 0 aliphatic heterocycles. The molecule has 0 saturated carbocycles. The van der Waals surface area contributed by atoms with E-state index in [1.54, 1.807) is 18.2 Å². The predicted octanol–water partition coefficient (Wildman–Crippen LogP) is 3.71. The summed E-state index contributed by atoms with van der Waals surface area (Å²) in [5.74, 6) is -1.16. The Labute approximate surface area is 101 Å². The van der Waals surface area contributed by atoms with Gasteiger partial charge in [-0.3, -0.25) is 4.79 Å². The largest absolute Gasteiger partial charge is 0.481 e. The topological polar surface area (TPSA) is 37.3 Å². The fraction of sp³-hybridized carbons (Fsp3) is 0.308. The van der Waals surface area contributed by atoms with E-state index in [2.05, 4.69) is 0 Å². The van der Waals surface area contributed by atoms with Crippen LogP contribution in [0.5, 0.6) is 0 Å². The second-order valence-corrected chi connectivity index (χ2v) is 4.46. The summed E-state index contributed by atoms with van der Waals surface area (Å²) >= 11 is 5.76. The van der Waals surface area contributed by atoms with Crippen molar-refractivity contribution in [1.29, 1.82) is 0 Å². The Morgan fingerprint density at radius 3 is 2.31 bits per heavy atom. The van der Waals surface area contributed by atoms with Gasteiger partial charge in [0, 0.05) is 5.02 Å². The van der Waals surface area contributed by atoms with Gasteiger partial charge in [0.15, 0.2) is 0 Å². The molecule has 1 atom stereocenters. The Morgan fingerprint density at radius 1 is 1.31 bits per heavy atom. The molecule has 3 heteroatoms. The fourth-order valence-corrected chi connectivity index (χ4v) is 1.50. The summed E-state index contributed by atoms with van der Waals surface area (Å²) < 4.78 is 0. The molecule has 1 N–H and O–H groups in total. The molecule has 0 aliphatic carbocycles. The van der Waals surface area contributed by atoms with Crippen LogP contribution in [0.3, 0.4) is 0 Å². The number of aliphatic carboxylic acids is 1. The predicted molar refractivity (Wildman–Crippen MR) is 66.4 cm³/mol. The van der Waals surface area contributed by atoms with Crippen molar-refractivity contribution in [2.45, 2.75) is 13.8 Å². The summed E-state index contributed by atoms with van der Waals surface area (Å²) in [7, 11) is 0. The molecule has 0 fully saturated rings. The zero-order valence-electron chi connectivity index (χ0n) is 9.35. The molecule has 0 spiro atoms. The standard InChI is InChI=1S/C13H15ClO2/c1-9(2)12(13(15)16)8-5-10-3-6-11(14)7-4-10/h3-9,12H,1-2H3,(H,15,16)/b8-5+. The normalized spacial score (nSPS) is 13.2. The summed E-state index contributed by atoms with van der Waals surface area (Å²) in [6, 6.07) is 7.29. The number of halogens is 1. The van der Waals surface area contributed by atoms with Crippen LogP contribution < -0.4 is 0 Å². The Hall–Kier alpha value is -1.28. The third kappa shape index (κ3) is 3.70. The van der Waals surface area contributed by atoms with Crippen molar-refractivity contribution in [2.75, 3.05) is 0 Å². The lowest BCUT2D eigenvalue weighted by molar-refractivity contribution is -0.141. The van der Waals surface area contributed by atoms with Gasteiger partial charge in [0.1, 0.15) is 0 Å². The fourth-order valence-electron chi connectivity index (χ4n) is 1.38. The van der Waals surface area contributed by atoms with Crippen molar-refractivity contribution >= 4 is 23.6 Å². The summed E-state index contributed by atoms with van der Waals surface area (Å²) in [4.78, 5) is 10.9. The molecule has 0 aliphatic rings. The van der Waals surface area contributed by atoms with Crippen LogP contribution in [0.25, 0.3) is 6.08 Å². The zero-order chi connectivity index (χ0) is 12.1. The third-order valence-corrected chi connectivity index (χ3v) is 2.62. The molecule has 1 unspecified atom stereocenters. The average molecular weight is 239 g/mol. The quantitative estimate of drug-likeness (QED) is 0.868. The molecule has 0 saturated heterocycles. The van der Waals surface area contributed by atoms with Crippen LogP contribution in [0.15, 0.2) is 30.3 Å². The molecular formula is C13H15ClO2. The third-order valence-electron chi connectivity index (χ3n) is 2.37. The Kier molecular flexibility index (Phi) is 4.56. The summed E-state index contributed by atoms with van der Waals surface area (Å²) in [5.41, 5.74) is 0.955. The van der Waals surface area contributed by atoms with E-state index in [0.717, 1.165) is 5.56 Å². The number of carbonyl (C=O) groups is 1. The second kappa shape index (κ2) is 5.71. The van der Waals surface area contributed by atoms with Gasteiger partial charge >= 0.3 is 5.97 Å². The van der Waals surface area contributed by atoms with Gasteiger partial charge in [-0.15, -0.1) is 0 Å². The van der Waals surface area contributed by atoms with Gasteiger partial charge in [0.25, 0.3) is 0 Å². The highest BCUT2D eigenvalue weighted by Gasteiger charge is 2.17. The molecule has 0 amide bonds. The van der Waals surface area contributed by atoms with Gasteiger partial charge in [0.2, 0.25) is 0 Å². The van der Waals surface area contributed by atoms with E-state index in [9.17, 15) is 4.79 Å². The lowest BCUT2D eigenvalue weighted by Crippen LogP contribution is -2.16. The molecule has 1 aromatic carbocycles. The molecule has 1 aromatic rings. The first-order chi connectivity index (χ1) is 7.50. The van der Waals surface area contributed by atoms with Crippen LogP contribution in [0.2, 0.25) is 5.02 Å². The molecule has 16 heavy (non-hydrogen) atoms. The van der Waals surface area contributed by atoms with Crippen molar-refractivity contribution in [3.8, 4) is 0 Å². The molecular weight excluding hydrogens is 224 g/mol. The molecule has 86 valence electrons. The number of rotatable bonds is 4. The van der Waals surface area contributed by atoms with Crippen molar-refractivity contribution in [1.82, 2.24) is 0 Å². The molecule has 0 aromatic heterocycles. The van der Waals surface area contributed by atoms with Crippen LogP contribution in [0.1, 0.15) is 19.4 Å². The molecule has 2 nitrogen and oxygen atoms in total. The van der Waals surface area contributed by atoms with Gasteiger partial charge < -0.3 is 5.11 Å². The van der Waals surface area contributed by atoms with Crippen molar-refractivity contribution in [3.05, 3.63) is 40.9 Å². The van der Waals surface area contributed by atoms with Crippen LogP contribution in [-0.2, 0) is 4.79 Å². The van der Waals surface area contributed by atoms with Crippen LogP contribution in [0, 0.1) is 11.8 Å². The van der Waals surface area contributed by atoms with Crippen molar-refractivity contribution in [2.24, 2.45) is 11.8 Å². The Bertz CT molecular complexity index is 379. The lowest BCUT2D eigenvalue weighted by atomic mass is 9.95. The SMILES string of the molecule is CC(C)C(/C=C/c1ccc(Cl)cc1)C(=O)O. The highest BCUT2D eigenvalue weighted by Crippen LogP contribution is 2.16. The van der Waals surface area contributed by atoms with Gasteiger partial charge in [-0.1, -0.05) is 49.7 Å². The first kappa shape index (κ1) is 12.8. The number of carboxylic acid groups (broad SMARTS) is 1. The lowest BCUT2D eigenvalue weighted by Gasteiger charge is -2.10. The Morgan fingerprint density at radius 2 is 1.88 bits per heavy atom. The monoisotopic (exact) mass is 238 g/mol. The zero-order valence-corrected chi connectivity index (χ0v) is 10.1. The first-order valence-corrected chi connectivity index (χ1v) is 5.55. The van der Waals surface area contributed by atoms with E-state index in [4.69, 9.17) is 16.7 Å². The average Bonchev–Trinajstić information content (AvgIpc) is 2.20. The summed E-state index contributed by atoms with van der Waals surface area (Å²) in [6.45, 7) is 3.79. The van der Waals surface area contributed by atoms with Crippen molar-refractivity contribution in [3.63, 3.8) is 0 Å². The summed E-state index contributed by atoms with van der Waals surface area (Å²) in [6.07, 6.45) is 3.53. The minimum absolute atomic E-state index is 0.0843. The number of hydrogen-bond acceptors (Lipinski definition) is 1. The van der Waals surface area contributed by atoms with Gasteiger partial charge in [-0.2, -0.15) is 0 Å². The maximum Gasteiger partial charge on any atom is 0.310 e. The van der Waals surface area contributed by atoms with E-state index < -0.39 is 11.9 Å². The van der Waals surface area contributed by atoms with Crippen LogP contribution in [0.4, 0.5) is 0 Å². The van der Waals surface area contributed by atoms with Gasteiger partial charge in [-0.25, -0.2) is 0 Å². The first-order valence-electron chi connectivity index (χ1n) is 5.17. The number of hydrogen-bond donors (Lipinski definition) is 1. The van der Waals surface area contributed by atoms with E-state index in [-0.39, 0.29) is 5.92 Å². The maximum absolute atomic E-state index is 10.9. The number of benzene rings is 1.